The SMILES string of the molecule is COC(=O)c1ccc(N2CC3(CCN(C4CCN(Cc5c(OC)cc(-c6cn(C)c(=O)c(C)c6C)cc5OC)CC4(F)F)CC3)C2)cn1. The molecule has 3 fully saturated rings. The molecule has 3 saturated heterocycles. The lowest BCUT2D eigenvalue weighted by atomic mass is 9.71. The van der Waals surface area contributed by atoms with E-state index < -0.39 is 17.9 Å². The maximum atomic E-state index is 15.9. The minimum Gasteiger partial charge on any atom is -0.496 e. The summed E-state index contributed by atoms with van der Waals surface area (Å²) < 4.78 is 49.6. The number of ether oxygens (including phenoxy) is 3. The molecule has 258 valence electrons. The van der Waals surface area contributed by atoms with Gasteiger partial charge in [0.2, 0.25) is 0 Å². The number of anilines is 1. The molecule has 2 aromatic heterocycles. The van der Waals surface area contributed by atoms with Gasteiger partial charge in [-0.15, -0.1) is 0 Å². The summed E-state index contributed by atoms with van der Waals surface area (Å²) in [6, 6.07) is 6.55. The lowest BCUT2D eigenvalue weighted by Crippen LogP contribution is -2.64. The number of halogens is 2. The highest BCUT2D eigenvalue weighted by Crippen LogP contribution is 2.45. The molecule has 3 aliphatic heterocycles. The second-order valence-corrected chi connectivity index (χ2v) is 13.6. The highest BCUT2D eigenvalue weighted by molar-refractivity contribution is 5.87. The number of pyridine rings is 2. The van der Waals surface area contributed by atoms with Crippen LogP contribution >= 0.6 is 0 Å². The molecule has 1 atom stereocenters. The van der Waals surface area contributed by atoms with E-state index in [0.29, 0.717) is 43.1 Å². The van der Waals surface area contributed by atoms with Gasteiger partial charge in [-0.2, -0.15) is 0 Å². The molecule has 0 saturated carbocycles. The molecule has 6 rings (SSSR count). The van der Waals surface area contributed by atoms with E-state index in [-0.39, 0.29) is 29.8 Å². The number of carbonyl (C=O) groups is 1. The molecule has 0 radical (unpaired) electrons. The van der Waals surface area contributed by atoms with E-state index in [2.05, 4.69) is 9.88 Å². The van der Waals surface area contributed by atoms with Crippen LogP contribution in [0.25, 0.3) is 11.1 Å². The summed E-state index contributed by atoms with van der Waals surface area (Å²) in [6.07, 6.45) is 5.63. The van der Waals surface area contributed by atoms with E-state index in [4.69, 9.17) is 14.2 Å². The first-order valence-electron chi connectivity index (χ1n) is 16.4. The van der Waals surface area contributed by atoms with Crippen LogP contribution in [0.2, 0.25) is 0 Å². The first-order chi connectivity index (χ1) is 22.9. The largest absolute Gasteiger partial charge is 0.496 e. The Kier molecular flexibility index (Phi) is 9.25. The van der Waals surface area contributed by atoms with Crippen LogP contribution in [-0.4, -0.2) is 97.9 Å². The Bertz CT molecular complexity index is 1700. The fourth-order valence-corrected chi connectivity index (χ4v) is 7.74. The van der Waals surface area contributed by atoms with Crippen molar-refractivity contribution in [2.75, 3.05) is 65.5 Å². The van der Waals surface area contributed by atoms with Crippen molar-refractivity contribution in [2.45, 2.75) is 51.6 Å². The van der Waals surface area contributed by atoms with Crippen LogP contribution in [-0.2, 0) is 18.3 Å². The van der Waals surface area contributed by atoms with Gasteiger partial charge in [-0.25, -0.2) is 18.6 Å². The number of nitrogens with zero attached hydrogens (tertiary/aromatic N) is 5. The van der Waals surface area contributed by atoms with Crippen molar-refractivity contribution in [3.8, 4) is 22.6 Å². The zero-order chi connectivity index (χ0) is 34.4. The van der Waals surface area contributed by atoms with E-state index in [0.717, 1.165) is 53.9 Å². The van der Waals surface area contributed by atoms with Crippen molar-refractivity contribution < 1.29 is 27.8 Å². The van der Waals surface area contributed by atoms with E-state index in [1.807, 2.05) is 36.9 Å². The van der Waals surface area contributed by atoms with Crippen molar-refractivity contribution in [3.05, 3.63) is 69.4 Å². The highest BCUT2D eigenvalue weighted by atomic mass is 19.3. The molecular formula is C36H45F2N5O5. The zero-order valence-electron chi connectivity index (χ0n) is 28.6. The van der Waals surface area contributed by atoms with Gasteiger partial charge >= 0.3 is 5.97 Å². The quantitative estimate of drug-likeness (QED) is 0.319. The number of piperidine rings is 2. The average Bonchev–Trinajstić information content (AvgIpc) is 3.07. The van der Waals surface area contributed by atoms with Gasteiger partial charge in [0.1, 0.15) is 17.2 Å². The molecule has 48 heavy (non-hydrogen) atoms. The molecule has 3 aliphatic rings. The Morgan fingerprint density at radius 3 is 2.21 bits per heavy atom. The van der Waals surface area contributed by atoms with E-state index in [1.165, 1.54) is 7.11 Å². The van der Waals surface area contributed by atoms with Crippen molar-refractivity contribution >= 4 is 11.7 Å². The predicted octanol–water partition coefficient (Wildman–Crippen LogP) is 4.68. The van der Waals surface area contributed by atoms with E-state index >= 15 is 8.78 Å². The molecule has 10 nitrogen and oxygen atoms in total. The number of aryl methyl sites for hydroxylation is 1. The molecule has 0 aliphatic carbocycles. The molecule has 1 unspecified atom stereocenters. The molecule has 3 aromatic rings. The van der Waals surface area contributed by atoms with Crippen LogP contribution in [0.4, 0.5) is 14.5 Å². The smallest absolute Gasteiger partial charge is 0.356 e. The lowest BCUT2D eigenvalue weighted by molar-refractivity contribution is -0.138. The van der Waals surface area contributed by atoms with Gasteiger partial charge in [-0.1, -0.05) is 0 Å². The second-order valence-electron chi connectivity index (χ2n) is 13.6. The summed E-state index contributed by atoms with van der Waals surface area (Å²) in [5.74, 6) is -2.21. The van der Waals surface area contributed by atoms with Gasteiger partial charge in [-0.3, -0.25) is 14.6 Å². The Hall–Kier alpha value is -4.03. The van der Waals surface area contributed by atoms with Crippen molar-refractivity contribution in [1.29, 1.82) is 0 Å². The number of methoxy groups -OCH3 is 3. The first kappa shape index (κ1) is 33.9. The minimum absolute atomic E-state index is 0.0477. The third kappa shape index (κ3) is 6.27. The number of esters is 1. The molecule has 0 N–H and O–H groups in total. The third-order valence-electron chi connectivity index (χ3n) is 10.7. The van der Waals surface area contributed by atoms with Gasteiger partial charge in [0, 0.05) is 56.0 Å². The Morgan fingerprint density at radius 1 is 0.979 bits per heavy atom. The predicted molar refractivity (Wildman–Crippen MR) is 179 cm³/mol. The van der Waals surface area contributed by atoms with Gasteiger partial charge in [0.05, 0.1) is 51.4 Å². The van der Waals surface area contributed by atoms with E-state index in [9.17, 15) is 9.59 Å². The number of aromatic nitrogens is 2. The lowest BCUT2D eigenvalue weighted by Gasteiger charge is -2.56. The maximum absolute atomic E-state index is 15.9. The normalized spacial score (nSPS) is 20.8. The molecule has 1 spiro atoms. The molecule has 5 heterocycles. The van der Waals surface area contributed by atoms with Crippen LogP contribution in [0.3, 0.4) is 0 Å². The molecule has 1 aromatic carbocycles. The Balaban J connectivity index is 1.08. The summed E-state index contributed by atoms with van der Waals surface area (Å²) >= 11 is 0. The maximum Gasteiger partial charge on any atom is 0.356 e. The van der Waals surface area contributed by atoms with Crippen LogP contribution in [0.15, 0.2) is 41.5 Å². The average molecular weight is 666 g/mol. The second kappa shape index (κ2) is 13.1. The van der Waals surface area contributed by atoms with Crippen LogP contribution < -0.4 is 19.9 Å². The first-order valence-corrected chi connectivity index (χ1v) is 16.4. The van der Waals surface area contributed by atoms with Gasteiger partial charge in [-0.05, 0) is 81.6 Å². The molecular weight excluding hydrogens is 620 g/mol. The fraction of sp³-hybridized carbons (Fsp3) is 0.528. The van der Waals surface area contributed by atoms with E-state index in [1.54, 1.807) is 49.2 Å². The number of benzene rings is 1. The standard InChI is InChI=1S/C36H45F2N5O5/c1-23-24(2)33(44)40(3)18-27(23)25-15-30(46-4)28(31(16-25)47-5)19-41-12-9-32(36(37,38)22-41)42-13-10-35(11-14-42)20-43(21-35)26-7-8-29(39-17-26)34(45)48-6/h7-8,15-18,32H,9-14,19-22H2,1-6H3. The number of hydrogen-bond acceptors (Lipinski definition) is 9. The fourth-order valence-electron chi connectivity index (χ4n) is 7.74. The van der Waals surface area contributed by atoms with Crippen LogP contribution in [0.1, 0.15) is 46.4 Å². The van der Waals surface area contributed by atoms with Gasteiger partial charge in [0.25, 0.3) is 11.5 Å². The number of carbonyl (C=O) groups excluding carboxylic acids is 1. The highest BCUT2D eigenvalue weighted by Gasteiger charge is 2.51. The van der Waals surface area contributed by atoms with Crippen molar-refractivity contribution in [3.63, 3.8) is 0 Å². The molecule has 0 bridgehead atoms. The summed E-state index contributed by atoms with van der Waals surface area (Å²) in [7, 11) is 6.20. The molecule has 0 amide bonds. The monoisotopic (exact) mass is 665 g/mol. The minimum atomic E-state index is -2.87. The van der Waals surface area contributed by atoms with Crippen LogP contribution in [0.5, 0.6) is 11.5 Å². The molecule has 12 heteroatoms. The topological polar surface area (TPSA) is 89.4 Å². The van der Waals surface area contributed by atoms with Gasteiger partial charge < -0.3 is 23.7 Å². The van der Waals surface area contributed by atoms with Crippen molar-refractivity contribution in [2.24, 2.45) is 12.5 Å². The number of alkyl halides is 2. The zero-order valence-corrected chi connectivity index (χ0v) is 28.6. The number of likely N-dealkylation sites (tertiary alicyclic amines) is 2. The third-order valence-corrected chi connectivity index (χ3v) is 10.7. The number of rotatable bonds is 8. The van der Waals surface area contributed by atoms with Gasteiger partial charge in [0.15, 0.2) is 0 Å². The van der Waals surface area contributed by atoms with Crippen LogP contribution in [0, 0.1) is 19.3 Å². The summed E-state index contributed by atoms with van der Waals surface area (Å²) in [6.45, 7) is 7.23. The Morgan fingerprint density at radius 2 is 1.65 bits per heavy atom. The number of hydrogen-bond donors (Lipinski definition) is 0. The summed E-state index contributed by atoms with van der Waals surface area (Å²) in [4.78, 5) is 34.4. The summed E-state index contributed by atoms with van der Waals surface area (Å²) in [5.41, 5.74) is 5.29. The summed E-state index contributed by atoms with van der Waals surface area (Å²) in [5, 5.41) is 0. The van der Waals surface area contributed by atoms with Crippen molar-refractivity contribution in [1.82, 2.24) is 19.4 Å². The Labute approximate surface area is 280 Å².